The highest BCUT2D eigenvalue weighted by atomic mass is 16.2. The molecule has 1 aliphatic heterocycles. The molecule has 2 aromatic rings. The molecule has 7 heteroatoms. The molecule has 27 heavy (non-hydrogen) atoms. The van der Waals surface area contributed by atoms with Gasteiger partial charge in [-0.15, -0.1) is 0 Å². The van der Waals surface area contributed by atoms with Crippen molar-refractivity contribution in [1.82, 2.24) is 25.0 Å². The first-order valence-electron chi connectivity index (χ1n) is 9.67. The zero-order valence-corrected chi connectivity index (χ0v) is 16.8. The first kappa shape index (κ1) is 19.2. The molecular formula is C20H30N6O. The number of amides is 2. The monoisotopic (exact) mass is 370 g/mol. The van der Waals surface area contributed by atoms with Crippen LogP contribution < -0.4 is 10.2 Å². The molecule has 1 saturated heterocycles. The van der Waals surface area contributed by atoms with Crippen molar-refractivity contribution in [2.45, 2.75) is 40.2 Å². The number of pyridine rings is 1. The van der Waals surface area contributed by atoms with Gasteiger partial charge in [0.05, 0.1) is 11.7 Å². The van der Waals surface area contributed by atoms with Crippen molar-refractivity contribution in [3.63, 3.8) is 0 Å². The lowest BCUT2D eigenvalue weighted by Crippen LogP contribution is -2.43. The number of carbonyl (C=O) groups excluding carboxylic acids is 1. The molecule has 0 saturated carbocycles. The number of urea groups is 1. The van der Waals surface area contributed by atoms with Gasteiger partial charge in [-0.1, -0.05) is 0 Å². The Morgan fingerprint density at radius 1 is 1.22 bits per heavy atom. The predicted octanol–water partition coefficient (Wildman–Crippen LogP) is 2.69. The minimum Gasteiger partial charge on any atom is -0.369 e. The molecule has 0 bridgehead atoms. The zero-order chi connectivity index (χ0) is 19.4. The van der Waals surface area contributed by atoms with Gasteiger partial charge in [-0.05, 0) is 51.8 Å². The van der Waals surface area contributed by atoms with E-state index in [1.165, 1.54) is 11.3 Å². The Labute approximate surface area is 161 Å². The van der Waals surface area contributed by atoms with Crippen LogP contribution in [0.4, 0.5) is 10.5 Å². The third-order valence-electron chi connectivity index (χ3n) is 5.13. The summed E-state index contributed by atoms with van der Waals surface area (Å²) in [6.07, 6.45) is 4.69. The van der Waals surface area contributed by atoms with Crippen LogP contribution in [-0.2, 0) is 0 Å². The molecule has 1 aliphatic rings. The second kappa shape index (κ2) is 8.41. The van der Waals surface area contributed by atoms with E-state index in [9.17, 15) is 4.79 Å². The number of rotatable bonds is 4. The smallest absolute Gasteiger partial charge is 0.317 e. The highest BCUT2D eigenvalue weighted by Gasteiger charge is 2.20. The highest BCUT2D eigenvalue weighted by Crippen LogP contribution is 2.20. The molecule has 3 rings (SSSR count). The maximum Gasteiger partial charge on any atom is 0.317 e. The minimum atomic E-state index is 0.0108. The zero-order valence-electron chi connectivity index (χ0n) is 16.8. The first-order valence-corrected chi connectivity index (χ1v) is 9.67. The molecule has 2 aromatic heterocycles. The van der Waals surface area contributed by atoms with Gasteiger partial charge >= 0.3 is 6.03 Å². The molecule has 0 radical (unpaired) electrons. The molecule has 0 aliphatic carbocycles. The molecule has 1 fully saturated rings. The van der Waals surface area contributed by atoms with Crippen LogP contribution in [-0.4, -0.2) is 58.4 Å². The Morgan fingerprint density at radius 3 is 2.74 bits per heavy atom. The Kier molecular flexibility index (Phi) is 5.98. The van der Waals surface area contributed by atoms with Gasteiger partial charge in [0.15, 0.2) is 0 Å². The number of anilines is 1. The number of carbonyl (C=O) groups is 1. The van der Waals surface area contributed by atoms with E-state index in [-0.39, 0.29) is 12.1 Å². The van der Waals surface area contributed by atoms with E-state index in [0.717, 1.165) is 44.0 Å². The Morgan fingerprint density at radius 2 is 2.04 bits per heavy atom. The lowest BCUT2D eigenvalue weighted by atomic mass is 10.2. The Balaban J connectivity index is 1.53. The normalized spacial score (nSPS) is 16.1. The summed E-state index contributed by atoms with van der Waals surface area (Å²) in [7, 11) is 0. The van der Waals surface area contributed by atoms with E-state index >= 15 is 0 Å². The number of aromatic nitrogens is 3. The average Bonchev–Trinajstić information content (AvgIpc) is 2.84. The Hall–Kier alpha value is -2.57. The summed E-state index contributed by atoms with van der Waals surface area (Å²) in [5.74, 6) is 0. The van der Waals surface area contributed by atoms with Crippen LogP contribution in [0.15, 0.2) is 24.5 Å². The van der Waals surface area contributed by atoms with Gasteiger partial charge in [0.25, 0.3) is 0 Å². The molecular weight excluding hydrogens is 340 g/mol. The fourth-order valence-corrected chi connectivity index (χ4v) is 3.71. The Bertz CT molecular complexity index is 787. The van der Waals surface area contributed by atoms with Gasteiger partial charge in [0.1, 0.15) is 0 Å². The van der Waals surface area contributed by atoms with Crippen molar-refractivity contribution in [3.8, 4) is 0 Å². The number of hydrogen-bond donors (Lipinski definition) is 1. The second-order valence-electron chi connectivity index (χ2n) is 7.40. The number of aryl methyl sites for hydroxylation is 3. The topological polar surface area (TPSA) is 66.3 Å². The van der Waals surface area contributed by atoms with Gasteiger partial charge in [0, 0.05) is 56.5 Å². The fraction of sp³-hybridized carbons (Fsp3) is 0.550. The van der Waals surface area contributed by atoms with E-state index in [2.05, 4.69) is 46.3 Å². The van der Waals surface area contributed by atoms with Crippen molar-refractivity contribution in [1.29, 1.82) is 0 Å². The molecule has 1 atom stereocenters. The third-order valence-corrected chi connectivity index (χ3v) is 5.13. The quantitative estimate of drug-likeness (QED) is 0.899. The van der Waals surface area contributed by atoms with E-state index < -0.39 is 0 Å². The standard InChI is InChI=1S/C20H30N6O/c1-15-13-21-7-6-19(15)24-8-5-9-25(11-10-24)20(27)22-14-18(4)26-17(3)12-16(2)23-26/h6-7,12-13,18H,5,8-11,14H2,1-4H3,(H,22,27)/t18-/m0/s1. The number of nitrogens with one attached hydrogen (secondary N) is 1. The summed E-state index contributed by atoms with van der Waals surface area (Å²) in [6.45, 7) is 12.1. The van der Waals surface area contributed by atoms with Gasteiger partial charge < -0.3 is 15.1 Å². The maximum atomic E-state index is 12.6. The third kappa shape index (κ3) is 4.59. The molecule has 0 unspecified atom stereocenters. The van der Waals surface area contributed by atoms with Crippen LogP contribution in [0.1, 0.15) is 36.3 Å². The van der Waals surface area contributed by atoms with E-state index in [1.54, 1.807) is 0 Å². The largest absolute Gasteiger partial charge is 0.369 e. The van der Waals surface area contributed by atoms with E-state index in [1.807, 2.05) is 35.8 Å². The SMILES string of the molecule is Cc1cc(C)n([C@@H](C)CNC(=O)N2CCCN(c3ccncc3C)CC2)n1. The molecule has 0 spiro atoms. The number of hydrogen-bond acceptors (Lipinski definition) is 4. The van der Waals surface area contributed by atoms with Crippen LogP contribution in [0.5, 0.6) is 0 Å². The predicted molar refractivity (Wildman–Crippen MR) is 107 cm³/mol. The lowest BCUT2D eigenvalue weighted by molar-refractivity contribution is 0.199. The average molecular weight is 371 g/mol. The van der Waals surface area contributed by atoms with Crippen LogP contribution in [0.2, 0.25) is 0 Å². The summed E-state index contributed by atoms with van der Waals surface area (Å²) in [6, 6.07) is 4.26. The van der Waals surface area contributed by atoms with Crippen molar-refractivity contribution in [2.24, 2.45) is 0 Å². The summed E-state index contributed by atoms with van der Waals surface area (Å²) in [5.41, 5.74) is 4.51. The highest BCUT2D eigenvalue weighted by molar-refractivity contribution is 5.74. The van der Waals surface area contributed by atoms with Crippen LogP contribution in [0.3, 0.4) is 0 Å². The van der Waals surface area contributed by atoms with Gasteiger partial charge in [0.2, 0.25) is 0 Å². The van der Waals surface area contributed by atoms with Crippen molar-refractivity contribution < 1.29 is 4.79 Å². The number of nitrogens with zero attached hydrogens (tertiary/aromatic N) is 5. The maximum absolute atomic E-state index is 12.6. The molecule has 2 amide bonds. The summed E-state index contributed by atoms with van der Waals surface area (Å²) >= 11 is 0. The molecule has 1 N–H and O–H groups in total. The van der Waals surface area contributed by atoms with Crippen LogP contribution in [0.25, 0.3) is 0 Å². The molecule has 7 nitrogen and oxygen atoms in total. The fourth-order valence-electron chi connectivity index (χ4n) is 3.71. The molecule has 146 valence electrons. The second-order valence-corrected chi connectivity index (χ2v) is 7.40. The minimum absolute atomic E-state index is 0.0108. The van der Waals surface area contributed by atoms with Gasteiger partial charge in [-0.3, -0.25) is 9.67 Å². The van der Waals surface area contributed by atoms with E-state index in [0.29, 0.717) is 6.54 Å². The van der Waals surface area contributed by atoms with E-state index in [4.69, 9.17) is 0 Å². The molecule has 0 aromatic carbocycles. The van der Waals surface area contributed by atoms with Gasteiger partial charge in [-0.2, -0.15) is 5.10 Å². The lowest BCUT2D eigenvalue weighted by Gasteiger charge is -2.25. The summed E-state index contributed by atoms with van der Waals surface area (Å²) in [4.78, 5) is 21.1. The summed E-state index contributed by atoms with van der Waals surface area (Å²) < 4.78 is 1.98. The summed E-state index contributed by atoms with van der Waals surface area (Å²) in [5, 5.41) is 7.59. The van der Waals surface area contributed by atoms with Crippen LogP contribution in [0, 0.1) is 20.8 Å². The van der Waals surface area contributed by atoms with Crippen LogP contribution >= 0.6 is 0 Å². The molecule has 3 heterocycles. The van der Waals surface area contributed by atoms with Gasteiger partial charge in [-0.25, -0.2) is 4.79 Å². The van der Waals surface area contributed by atoms with Crippen molar-refractivity contribution in [2.75, 3.05) is 37.6 Å². The van der Waals surface area contributed by atoms with Crippen molar-refractivity contribution in [3.05, 3.63) is 41.5 Å². The van der Waals surface area contributed by atoms with Crippen molar-refractivity contribution >= 4 is 11.7 Å². The first-order chi connectivity index (χ1) is 13.0.